The summed E-state index contributed by atoms with van der Waals surface area (Å²) in [7, 11) is 1.70. The average molecular weight is 443 g/mol. The number of tetrazole rings is 1. The van der Waals surface area contributed by atoms with Crippen LogP contribution in [0.5, 0.6) is 0 Å². The lowest BCUT2D eigenvalue weighted by atomic mass is 10.2. The summed E-state index contributed by atoms with van der Waals surface area (Å²) in [6, 6.07) is 5.94. The second kappa shape index (κ2) is 9.04. The van der Waals surface area contributed by atoms with E-state index < -0.39 is 0 Å². The first-order chi connectivity index (χ1) is 15.0. The minimum atomic E-state index is -0.331. The van der Waals surface area contributed by atoms with E-state index >= 15 is 0 Å². The maximum absolute atomic E-state index is 13.1. The third-order valence-corrected chi connectivity index (χ3v) is 5.46. The predicted octanol–water partition coefficient (Wildman–Crippen LogP) is 0.212. The van der Waals surface area contributed by atoms with Crippen molar-refractivity contribution < 1.29 is 9.18 Å². The highest BCUT2D eigenvalue weighted by molar-refractivity contribution is 7.99. The maximum atomic E-state index is 13.1. The Morgan fingerprint density at radius 2 is 2.06 bits per heavy atom. The highest BCUT2D eigenvalue weighted by Gasteiger charge is 2.12. The lowest BCUT2D eigenvalue weighted by molar-refractivity contribution is -0.118. The number of amides is 1. The quantitative estimate of drug-likeness (QED) is 0.383. The van der Waals surface area contributed by atoms with Crippen LogP contribution in [0, 0.1) is 5.82 Å². The SMILES string of the molecule is Cn1nnnc1SCC(=O)NCCn1ncc2c(=O)n(Cc3ccc(F)cc3)cnc21. The molecule has 4 aromatic rings. The molecular weight excluding hydrogens is 425 g/mol. The number of aryl methyl sites for hydroxylation is 1. The molecule has 0 aliphatic rings. The molecule has 0 saturated carbocycles. The normalized spacial score (nSPS) is 11.2. The van der Waals surface area contributed by atoms with Gasteiger partial charge in [-0.05, 0) is 28.1 Å². The van der Waals surface area contributed by atoms with E-state index in [0.717, 1.165) is 5.56 Å². The summed E-state index contributed by atoms with van der Waals surface area (Å²) < 4.78 is 17.6. The van der Waals surface area contributed by atoms with Gasteiger partial charge in [-0.15, -0.1) is 5.10 Å². The van der Waals surface area contributed by atoms with Crippen molar-refractivity contribution in [2.75, 3.05) is 12.3 Å². The third kappa shape index (κ3) is 4.77. The molecule has 0 aliphatic carbocycles. The first kappa shape index (κ1) is 20.7. The molecular formula is C18H18FN9O2S. The fraction of sp³-hybridized carbons (Fsp3) is 0.278. The number of benzene rings is 1. The average Bonchev–Trinajstić information content (AvgIpc) is 3.36. The molecule has 4 rings (SSSR count). The maximum Gasteiger partial charge on any atom is 0.264 e. The Balaban J connectivity index is 1.36. The summed E-state index contributed by atoms with van der Waals surface area (Å²) in [6.45, 7) is 0.968. The standard InChI is InChI=1S/C18H18FN9O2S/c1-26-18(23-24-25-26)31-10-15(29)20-6-7-28-16-14(8-22-28)17(30)27(11-21-16)9-12-2-4-13(19)5-3-12/h2-5,8,11H,6-7,9-10H2,1H3,(H,20,29). The van der Waals surface area contributed by atoms with Gasteiger partial charge in [0.05, 0.1) is 25.0 Å². The van der Waals surface area contributed by atoms with Gasteiger partial charge in [0.1, 0.15) is 17.5 Å². The zero-order chi connectivity index (χ0) is 21.8. The summed E-state index contributed by atoms with van der Waals surface area (Å²) in [5.41, 5.74) is 0.988. The number of aromatic nitrogens is 8. The van der Waals surface area contributed by atoms with Crippen molar-refractivity contribution in [3.05, 3.63) is 58.5 Å². The van der Waals surface area contributed by atoms with Gasteiger partial charge < -0.3 is 5.32 Å². The zero-order valence-corrected chi connectivity index (χ0v) is 17.3. The van der Waals surface area contributed by atoms with Gasteiger partial charge in [-0.25, -0.2) is 18.7 Å². The van der Waals surface area contributed by atoms with Crippen molar-refractivity contribution in [2.24, 2.45) is 7.05 Å². The van der Waals surface area contributed by atoms with Crippen molar-refractivity contribution in [3.63, 3.8) is 0 Å². The number of thioether (sulfide) groups is 1. The minimum absolute atomic E-state index is 0.168. The number of carbonyl (C=O) groups is 1. The molecule has 1 aromatic carbocycles. The monoisotopic (exact) mass is 443 g/mol. The van der Waals surface area contributed by atoms with E-state index in [-0.39, 0.29) is 29.6 Å². The van der Waals surface area contributed by atoms with Gasteiger partial charge in [0.25, 0.3) is 5.56 Å². The molecule has 0 spiro atoms. The lowest BCUT2D eigenvalue weighted by Crippen LogP contribution is -2.29. The van der Waals surface area contributed by atoms with Gasteiger partial charge in [0.15, 0.2) is 5.65 Å². The molecule has 0 saturated heterocycles. The Kier molecular flexibility index (Phi) is 6.02. The summed E-state index contributed by atoms with van der Waals surface area (Å²) in [5.74, 6) is -0.318. The Morgan fingerprint density at radius 3 is 2.81 bits per heavy atom. The van der Waals surface area contributed by atoms with Crippen LogP contribution < -0.4 is 10.9 Å². The summed E-state index contributed by atoms with van der Waals surface area (Å²) in [6.07, 6.45) is 2.90. The molecule has 13 heteroatoms. The van der Waals surface area contributed by atoms with Crippen LogP contribution in [0.15, 0.2) is 46.7 Å². The molecule has 1 N–H and O–H groups in total. The van der Waals surface area contributed by atoms with Crippen molar-refractivity contribution in [2.45, 2.75) is 18.2 Å². The van der Waals surface area contributed by atoms with E-state index in [0.29, 0.717) is 29.3 Å². The Labute approximate surface area is 179 Å². The Hall–Kier alpha value is -3.61. The van der Waals surface area contributed by atoms with Crippen LogP contribution in [-0.4, -0.2) is 57.7 Å². The molecule has 11 nitrogen and oxygen atoms in total. The number of halogens is 1. The summed E-state index contributed by atoms with van der Waals surface area (Å²) in [5, 5.41) is 19.0. The van der Waals surface area contributed by atoms with Crippen molar-refractivity contribution in [1.29, 1.82) is 0 Å². The molecule has 0 bridgehead atoms. The number of hydrogen-bond donors (Lipinski definition) is 1. The number of fused-ring (bicyclic) bond motifs is 1. The van der Waals surface area contributed by atoms with Crippen LogP contribution in [0.25, 0.3) is 11.0 Å². The minimum Gasteiger partial charge on any atom is -0.354 e. The fourth-order valence-electron chi connectivity index (χ4n) is 2.89. The third-order valence-electron chi connectivity index (χ3n) is 4.45. The second-order valence-electron chi connectivity index (χ2n) is 6.63. The predicted molar refractivity (Wildman–Crippen MR) is 110 cm³/mol. The van der Waals surface area contributed by atoms with Crippen LogP contribution in [0.3, 0.4) is 0 Å². The molecule has 1 amide bonds. The summed E-state index contributed by atoms with van der Waals surface area (Å²) in [4.78, 5) is 29.1. The van der Waals surface area contributed by atoms with Gasteiger partial charge in [0.2, 0.25) is 11.1 Å². The number of nitrogens with one attached hydrogen (secondary N) is 1. The van der Waals surface area contributed by atoms with Crippen molar-refractivity contribution >= 4 is 28.7 Å². The molecule has 3 heterocycles. The number of nitrogens with zero attached hydrogens (tertiary/aromatic N) is 8. The molecule has 31 heavy (non-hydrogen) atoms. The van der Waals surface area contributed by atoms with Crippen LogP contribution >= 0.6 is 11.8 Å². The number of hydrogen-bond acceptors (Lipinski definition) is 8. The lowest BCUT2D eigenvalue weighted by Gasteiger charge is -2.07. The van der Waals surface area contributed by atoms with Crippen LogP contribution in [0.4, 0.5) is 4.39 Å². The molecule has 3 aromatic heterocycles. The molecule has 0 unspecified atom stereocenters. The van der Waals surface area contributed by atoms with Gasteiger partial charge in [-0.3, -0.25) is 14.2 Å². The number of rotatable bonds is 8. The molecule has 0 fully saturated rings. The van der Waals surface area contributed by atoms with Crippen molar-refractivity contribution in [1.82, 2.24) is 44.9 Å². The van der Waals surface area contributed by atoms with E-state index in [9.17, 15) is 14.0 Å². The van der Waals surface area contributed by atoms with E-state index in [2.05, 4.69) is 30.9 Å². The Bertz CT molecular complexity index is 1270. The van der Waals surface area contributed by atoms with Crippen LogP contribution in [0.2, 0.25) is 0 Å². The van der Waals surface area contributed by atoms with E-state index in [4.69, 9.17) is 0 Å². The topological polar surface area (TPSA) is 125 Å². The van der Waals surface area contributed by atoms with E-state index in [1.807, 2.05) is 0 Å². The highest BCUT2D eigenvalue weighted by atomic mass is 32.2. The molecule has 0 radical (unpaired) electrons. The number of carbonyl (C=O) groups excluding carboxylic acids is 1. The van der Waals surface area contributed by atoms with E-state index in [1.54, 1.807) is 23.9 Å². The molecule has 160 valence electrons. The van der Waals surface area contributed by atoms with E-state index in [1.165, 1.54) is 45.7 Å². The second-order valence-corrected chi connectivity index (χ2v) is 7.58. The zero-order valence-electron chi connectivity index (χ0n) is 16.5. The van der Waals surface area contributed by atoms with Gasteiger partial charge >= 0.3 is 0 Å². The smallest absolute Gasteiger partial charge is 0.264 e. The van der Waals surface area contributed by atoms with Gasteiger partial charge in [-0.2, -0.15) is 5.10 Å². The van der Waals surface area contributed by atoms with Crippen LogP contribution in [-0.2, 0) is 24.9 Å². The van der Waals surface area contributed by atoms with Crippen molar-refractivity contribution in [3.8, 4) is 0 Å². The van der Waals surface area contributed by atoms with Gasteiger partial charge in [0, 0.05) is 13.6 Å². The molecule has 0 atom stereocenters. The van der Waals surface area contributed by atoms with Crippen LogP contribution in [0.1, 0.15) is 5.56 Å². The van der Waals surface area contributed by atoms with Gasteiger partial charge in [-0.1, -0.05) is 23.9 Å². The first-order valence-electron chi connectivity index (χ1n) is 9.28. The highest BCUT2D eigenvalue weighted by Crippen LogP contribution is 2.11. The molecule has 0 aliphatic heterocycles. The summed E-state index contributed by atoms with van der Waals surface area (Å²) >= 11 is 1.23. The fourth-order valence-corrected chi connectivity index (χ4v) is 3.57. The first-order valence-corrected chi connectivity index (χ1v) is 10.3. The Morgan fingerprint density at radius 1 is 1.26 bits per heavy atom. The largest absolute Gasteiger partial charge is 0.354 e.